The Morgan fingerprint density at radius 2 is 2.22 bits per heavy atom. The van der Waals surface area contributed by atoms with Crippen LogP contribution in [0.3, 0.4) is 0 Å². The summed E-state index contributed by atoms with van der Waals surface area (Å²) in [6.45, 7) is 2.59. The second kappa shape index (κ2) is 7.51. The molecule has 1 amide bonds. The predicted molar refractivity (Wildman–Crippen MR) is 90.4 cm³/mol. The summed E-state index contributed by atoms with van der Waals surface area (Å²) >= 11 is 5.96. The van der Waals surface area contributed by atoms with E-state index in [4.69, 9.17) is 16.3 Å². The van der Waals surface area contributed by atoms with E-state index in [1.807, 2.05) is 0 Å². The van der Waals surface area contributed by atoms with Crippen molar-refractivity contribution in [2.24, 2.45) is 0 Å². The Morgan fingerprint density at radius 1 is 1.48 bits per heavy atom. The lowest BCUT2D eigenvalue weighted by Crippen LogP contribution is -2.42. The van der Waals surface area contributed by atoms with E-state index < -0.39 is 10.0 Å². The van der Waals surface area contributed by atoms with Crippen molar-refractivity contribution < 1.29 is 17.9 Å². The molecule has 0 aliphatic carbocycles. The first-order valence-electron chi connectivity index (χ1n) is 7.39. The number of rotatable bonds is 6. The smallest absolute Gasteiger partial charge is 0.240 e. The van der Waals surface area contributed by atoms with Crippen LogP contribution in [-0.4, -0.2) is 46.4 Å². The highest BCUT2D eigenvalue weighted by molar-refractivity contribution is 7.92. The molecule has 8 heteroatoms. The lowest BCUT2D eigenvalue weighted by atomic mass is 10.2. The Bertz CT molecular complexity index is 672. The maximum Gasteiger partial charge on any atom is 0.240 e. The van der Waals surface area contributed by atoms with Gasteiger partial charge in [0.15, 0.2) is 0 Å². The summed E-state index contributed by atoms with van der Waals surface area (Å²) in [5.74, 6) is -0.370. The molecule has 0 bridgehead atoms. The highest BCUT2D eigenvalue weighted by atomic mass is 35.5. The number of halogens is 1. The van der Waals surface area contributed by atoms with Crippen LogP contribution >= 0.6 is 11.6 Å². The lowest BCUT2D eigenvalue weighted by Gasteiger charge is -2.24. The zero-order chi connectivity index (χ0) is 17.0. The number of nitrogens with zero attached hydrogens (tertiary/aromatic N) is 1. The summed E-state index contributed by atoms with van der Waals surface area (Å²) in [4.78, 5) is 12.1. The first-order valence-corrected chi connectivity index (χ1v) is 9.62. The van der Waals surface area contributed by atoms with Gasteiger partial charge in [0.1, 0.15) is 6.54 Å². The molecule has 1 aliphatic rings. The minimum absolute atomic E-state index is 0.0125. The first-order chi connectivity index (χ1) is 10.8. The van der Waals surface area contributed by atoms with Gasteiger partial charge in [-0.1, -0.05) is 17.7 Å². The Balaban J connectivity index is 2.10. The van der Waals surface area contributed by atoms with E-state index in [1.54, 1.807) is 25.1 Å². The lowest BCUT2D eigenvalue weighted by molar-refractivity contribution is -0.120. The third-order valence-electron chi connectivity index (χ3n) is 3.68. The summed E-state index contributed by atoms with van der Waals surface area (Å²) in [6.07, 6.45) is 2.97. The van der Waals surface area contributed by atoms with E-state index in [0.29, 0.717) is 23.9 Å². The van der Waals surface area contributed by atoms with E-state index in [2.05, 4.69) is 5.32 Å². The Labute approximate surface area is 141 Å². The molecule has 1 saturated heterocycles. The molecule has 0 unspecified atom stereocenters. The van der Waals surface area contributed by atoms with Crippen molar-refractivity contribution in [2.75, 3.05) is 30.3 Å². The zero-order valence-corrected chi connectivity index (χ0v) is 14.8. The van der Waals surface area contributed by atoms with Crippen LogP contribution in [0.4, 0.5) is 5.69 Å². The van der Waals surface area contributed by atoms with Gasteiger partial charge in [0.2, 0.25) is 15.9 Å². The monoisotopic (exact) mass is 360 g/mol. The summed E-state index contributed by atoms with van der Waals surface area (Å²) in [5, 5.41) is 3.14. The van der Waals surface area contributed by atoms with Crippen molar-refractivity contribution in [3.63, 3.8) is 0 Å². The number of carbonyl (C=O) groups excluding carboxylic acids is 1. The van der Waals surface area contributed by atoms with Crippen LogP contribution in [0.1, 0.15) is 18.4 Å². The molecule has 0 radical (unpaired) electrons. The zero-order valence-electron chi connectivity index (χ0n) is 13.2. The number of hydrogen-bond acceptors (Lipinski definition) is 4. The molecule has 0 spiro atoms. The van der Waals surface area contributed by atoms with Gasteiger partial charge in [0.05, 0.1) is 18.0 Å². The average molecular weight is 361 g/mol. The van der Waals surface area contributed by atoms with Gasteiger partial charge in [-0.3, -0.25) is 9.10 Å². The van der Waals surface area contributed by atoms with Gasteiger partial charge >= 0.3 is 0 Å². The van der Waals surface area contributed by atoms with E-state index in [1.165, 1.54) is 0 Å². The fourth-order valence-electron chi connectivity index (χ4n) is 2.45. The van der Waals surface area contributed by atoms with Gasteiger partial charge in [0, 0.05) is 18.2 Å². The summed E-state index contributed by atoms with van der Waals surface area (Å²) in [5.41, 5.74) is 1.14. The minimum atomic E-state index is -3.61. The molecule has 1 atom stereocenters. The van der Waals surface area contributed by atoms with Crippen molar-refractivity contribution in [2.45, 2.75) is 25.9 Å². The van der Waals surface area contributed by atoms with Crippen LogP contribution in [0.25, 0.3) is 0 Å². The molecular formula is C15H21ClN2O4S. The number of anilines is 1. The van der Waals surface area contributed by atoms with E-state index >= 15 is 0 Å². The largest absolute Gasteiger partial charge is 0.376 e. The van der Waals surface area contributed by atoms with E-state index in [9.17, 15) is 13.2 Å². The number of nitrogens with one attached hydrogen (secondary N) is 1. The van der Waals surface area contributed by atoms with Gasteiger partial charge in [-0.2, -0.15) is 0 Å². The summed E-state index contributed by atoms with van der Waals surface area (Å²) in [7, 11) is -3.61. The molecule has 0 saturated carbocycles. The topological polar surface area (TPSA) is 75.7 Å². The fraction of sp³-hybridized carbons (Fsp3) is 0.533. The minimum Gasteiger partial charge on any atom is -0.376 e. The maximum atomic E-state index is 12.1. The van der Waals surface area contributed by atoms with Crippen molar-refractivity contribution in [1.82, 2.24) is 5.32 Å². The van der Waals surface area contributed by atoms with Crippen molar-refractivity contribution in [3.8, 4) is 0 Å². The van der Waals surface area contributed by atoms with Crippen molar-refractivity contribution >= 4 is 33.2 Å². The normalized spacial score (nSPS) is 18.0. The molecule has 0 aromatic heterocycles. The molecule has 1 heterocycles. The van der Waals surface area contributed by atoms with Crippen LogP contribution < -0.4 is 9.62 Å². The molecule has 23 heavy (non-hydrogen) atoms. The SMILES string of the molecule is Cc1ccc(Cl)cc1N(CC(=O)NC[C@@H]1CCCO1)S(C)(=O)=O. The number of amides is 1. The Morgan fingerprint density at radius 3 is 2.83 bits per heavy atom. The van der Waals surface area contributed by atoms with Gasteiger partial charge in [-0.15, -0.1) is 0 Å². The molecule has 1 aromatic rings. The molecule has 128 valence electrons. The number of hydrogen-bond donors (Lipinski definition) is 1. The van der Waals surface area contributed by atoms with Crippen LogP contribution in [-0.2, 0) is 19.6 Å². The highest BCUT2D eigenvalue weighted by Gasteiger charge is 2.23. The number of sulfonamides is 1. The quantitative estimate of drug-likeness (QED) is 0.838. The molecule has 2 rings (SSSR count). The molecule has 1 aliphatic heterocycles. The van der Waals surface area contributed by atoms with Crippen molar-refractivity contribution in [3.05, 3.63) is 28.8 Å². The van der Waals surface area contributed by atoms with Gasteiger partial charge in [-0.25, -0.2) is 8.42 Å². The van der Waals surface area contributed by atoms with Gasteiger partial charge < -0.3 is 10.1 Å². The third kappa shape index (κ3) is 5.09. The average Bonchev–Trinajstić information content (AvgIpc) is 2.97. The predicted octanol–water partition coefficient (Wildman–Crippen LogP) is 1.71. The highest BCUT2D eigenvalue weighted by Crippen LogP contribution is 2.26. The Hall–Kier alpha value is -1.31. The van der Waals surface area contributed by atoms with Gasteiger partial charge in [0.25, 0.3) is 0 Å². The van der Waals surface area contributed by atoms with Crippen LogP contribution in [0.5, 0.6) is 0 Å². The number of aryl methyl sites for hydroxylation is 1. The number of ether oxygens (including phenoxy) is 1. The van der Waals surface area contributed by atoms with E-state index in [-0.39, 0.29) is 18.6 Å². The Kier molecular flexibility index (Phi) is 5.89. The van der Waals surface area contributed by atoms with Crippen LogP contribution in [0.15, 0.2) is 18.2 Å². The third-order valence-corrected chi connectivity index (χ3v) is 5.04. The number of carbonyl (C=O) groups is 1. The molecule has 6 nitrogen and oxygen atoms in total. The molecule has 1 fully saturated rings. The first kappa shape index (κ1) is 18.0. The van der Waals surface area contributed by atoms with Gasteiger partial charge in [-0.05, 0) is 37.5 Å². The molecular weight excluding hydrogens is 340 g/mol. The molecule has 1 N–H and O–H groups in total. The summed E-state index contributed by atoms with van der Waals surface area (Å²) in [6, 6.07) is 4.95. The van der Waals surface area contributed by atoms with Crippen molar-refractivity contribution in [1.29, 1.82) is 0 Å². The second-order valence-electron chi connectivity index (χ2n) is 5.64. The number of benzene rings is 1. The summed E-state index contributed by atoms with van der Waals surface area (Å²) < 4.78 is 30.6. The second-order valence-corrected chi connectivity index (χ2v) is 7.98. The fourth-order valence-corrected chi connectivity index (χ4v) is 3.52. The van der Waals surface area contributed by atoms with E-state index in [0.717, 1.165) is 29.0 Å². The van der Waals surface area contributed by atoms with Crippen LogP contribution in [0.2, 0.25) is 5.02 Å². The standard InChI is InChI=1S/C15H21ClN2O4S/c1-11-5-6-12(16)8-14(11)18(23(2,20)21)10-15(19)17-9-13-4-3-7-22-13/h5-6,8,13H,3-4,7,9-10H2,1-2H3,(H,17,19)/t13-/m0/s1. The maximum absolute atomic E-state index is 12.1. The van der Waals surface area contributed by atoms with Crippen LogP contribution in [0, 0.1) is 6.92 Å². The molecule has 1 aromatic carbocycles.